The summed E-state index contributed by atoms with van der Waals surface area (Å²) in [5.41, 5.74) is 2.37. The number of rotatable bonds is 10. The molecule has 2 nitrogen and oxygen atoms in total. The lowest BCUT2D eigenvalue weighted by Gasteiger charge is -2.43. The van der Waals surface area contributed by atoms with Crippen molar-refractivity contribution in [2.45, 2.75) is 64.0 Å². The molecule has 0 radical (unpaired) electrons. The number of carbonyl (C=O) groups excluding carboxylic acids is 1. The minimum Gasteiger partial charge on any atom is -0.461 e. The fraction of sp³-hybridized carbons (Fsp3) is 0.609. The normalized spacial score (nSPS) is 30.1. The molecular formula is C23H34O2S2. The number of ether oxygens (including phenoxy) is 1. The largest absolute Gasteiger partial charge is 0.461 e. The highest BCUT2D eigenvalue weighted by molar-refractivity contribution is 8.78. The zero-order valence-corrected chi connectivity index (χ0v) is 18.5. The average molecular weight is 407 g/mol. The third-order valence-electron chi connectivity index (χ3n) is 6.05. The van der Waals surface area contributed by atoms with Gasteiger partial charge in [-0.15, -0.1) is 6.58 Å². The molecule has 0 aromatic heterocycles. The van der Waals surface area contributed by atoms with Crippen molar-refractivity contribution in [1.29, 1.82) is 0 Å². The maximum atomic E-state index is 12.0. The average Bonchev–Trinajstić information content (AvgIpc) is 3.17. The highest BCUT2D eigenvalue weighted by Crippen LogP contribution is 2.48. The van der Waals surface area contributed by atoms with E-state index in [1.807, 2.05) is 10.8 Å². The first-order valence-electron chi connectivity index (χ1n) is 9.97. The van der Waals surface area contributed by atoms with Crippen LogP contribution in [0.2, 0.25) is 0 Å². The highest BCUT2D eigenvalue weighted by Gasteiger charge is 2.38. The third kappa shape index (κ3) is 6.60. The van der Waals surface area contributed by atoms with E-state index in [2.05, 4.69) is 51.1 Å². The maximum absolute atomic E-state index is 12.0. The number of esters is 1. The molecule has 1 heterocycles. The SMILES string of the molecule is C=C[C@]1(C)CC[C@@H](C(=C)COC(=O)CCCCC2C=CSS2)C[C@H]1C(=C)C. The van der Waals surface area contributed by atoms with Crippen LogP contribution in [0.3, 0.4) is 0 Å². The molecule has 0 bridgehead atoms. The van der Waals surface area contributed by atoms with Crippen LogP contribution >= 0.6 is 21.6 Å². The molecule has 0 saturated heterocycles. The Hall–Kier alpha value is -0.870. The zero-order chi connectivity index (χ0) is 19.9. The van der Waals surface area contributed by atoms with Crippen molar-refractivity contribution >= 4 is 27.6 Å². The van der Waals surface area contributed by atoms with Gasteiger partial charge in [-0.05, 0) is 67.3 Å². The second-order valence-electron chi connectivity index (χ2n) is 8.20. The summed E-state index contributed by atoms with van der Waals surface area (Å²) in [7, 11) is 3.70. The molecule has 0 aromatic carbocycles. The van der Waals surface area contributed by atoms with E-state index < -0.39 is 0 Å². The van der Waals surface area contributed by atoms with Gasteiger partial charge in [0.15, 0.2) is 0 Å². The van der Waals surface area contributed by atoms with E-state index in [0.29, 0.717) is 30.1 Å². The minimum atomic E-state index is -0.0941. The van der Waals surface area contributed by atoms with E-state index in [0.717, 1.165) is 44.1 Å². The van der Waals surface area contributed by atoms with Gasteiger partial charge in [-0.25, -0.2) is 0 Å². The third-order valence-corrected chi connectivity index (χ3v) is 8.48. The van der Waals surface area contributed by atoms with Crippen molar-refractivity contribution in [3.63, 3.8) is 0 Å². The van der Waals surface area contributed by atoms with Crippen LogP contribution in [0, 0.1) is 17.3 Å². The molecule has 1 aliphatic carbocycles. The maximum Gasteiger partial charge on any atom is 0.306 e. The molecule has 4 heteroatoms. The Morgan fingerprint density at radius 1 is 1.37 bits per heavy atom. The summed E-state index contributed by atoms with van der Waals surface area (Å²) in [5, 5.41) is 2.76. The molecule has 4 atom stereocenters. The smallest absolute Gasteiger partial charge is 0.306 e. The Morgan fingerprint density at radius 3 is 2.78 bits per heavy atom. The Labute approximate surface area is 173 Å². The summed E-state index contributed by atoms with van der Waals surface area (Å²) in [6, 6.07) is 0. The number of carbonyl (C=O) groups is 1. The molecule has 150 valence electrons. The van der Waals surface area contributed by atoms with Gasteiger partial charge in [-0.2, -0.15) is 0 Å². The van der Waals surface area contributed by atoms with Crippen LogP contribution in [0.1, 0.15) is 58.8 Å². The van der Waals surface area contributed by atoms with Crippen LogP contribution in [0.4, 0.5) is 0 Å². The molecule has 27 heavy (non-hydrogen) atoms. The Kier molecular flexibility index (Phi) is 8.81. The molecule has 0 N–H and O–H groups in total. The molecule has 1 aliphatic heterocycles. The Bertz CT molecular complexity index is 595. The fourth-order valence-electron chi connectivity index (χ4n) is 4.09. The van der Waals surface area contributed by atoms with Gasteiger partial charge in [0.1, 0.15) is 6.61 Å². The summed E-state index contributed by atoms with van der Waals surface area (Å²) in [6.07, 6.45) is 11.1. The monoisotopic (exact) mass is 406 g/mol. The van der Waals surface area contributed by atoms with Crippen molar-refractivity contribution in [3.05, 3.63) is 48.4 Å². The standard InChI is InChI=1S/C23H34O2S2/c1-6-23(5)13-11-19(15-21(23)17(2)3)18(4)16-25-22(24)10-8-7-9-20-12-14-26-27-20/h6,12,14,19-21H,1-2,4,7-11,13,15-16H2,3,5H3/t19-,20?,21+,23-/m1/s1. The number of unbranched alkanes of at least 4 members (excludes halogenated alkanes) is 1. The predicted octanol–water partition coefficient (Wildman–Crippen LogP) is 7.11. The second kappa shape index (κ2) is 10.6. The van der Waals surface area contributed by atoms with Gasteiger partial charge in [0.05, 0.1) is 0 Å². The minimum absolute atomic E-state index is 0.0941. The van der Waals surface area contributed by atoms with E-state index in [1.165, 1.54) is 5.57 Å². The molecule has 2 rings (SSSR count). The lowest BCUT2D eigenvalue weighted by atomic mass is 9.61. The molecule has 1 saturated carbocycles. The quantitative estimate of drug-likeness (QED) is 0.167. The van der Waals surface area contributed by atoms with E-state index in [4.69, 9.17) is 4.74 Å². The first kappa shape index (κ1) is 22.4. The van der Waals surface area contributed by atoms with Gasteiger partial charge in [0.2, 0.25) is 0 Å². The van der Waals surface area contributed by atoms with Crippen molar-refractivity contribution in [1.82, 2.24) is 0 Å². The summed E-state index contributed by atoms with van der Waals surface area (Å²) < 4.78 is 5.50. The Balaban J connectivity index is 1.68. The van der Waals surface area contributed by atoms with E-state index in [9.17, 15) is 4.79 Å². The van der Waals surface area contributed by atoms with Crippen molar-refractivity contribution in [3.8, 4) is 0 Å². The molecular weight excluding hydrogens is 372 g/mol. The van der Waals surface area contributed by atoms with Crippen molar-refractivity contribution in [2.24, 2.45) is 17.3 Å². The number of allylic oxidation sites excluding steroid dienone is 2. The molecule has 0 spiro atoms. The number of hydrogen-bond donors (Lipinski definition) is 0. The zero-order valence-electron chi connectivity index (χ0n) is 16.9. The van der Waals surface area contributed by atoms with Gasteiger partial charge in [0, 0.05) is 11.7 Å². The first-order chi connectivity index (χ1) is 12.9. The van der Waals surface area contributed by atoms with Crippen LogP contribution in [-0.2, 0) is 9.53 Å². The first-order valence-corrected chi connectivity index (χ1v) is 12.2. The summed E-state index contributed by atoms with van der Waals surface area (Å²) >= 11 is 0. The second-order valence-corrected chi connectivity index (χ2v) is 10.6. The van der Waals surface area contributed by atoms with Crippen LogP contribution in [0.25, 0.3) is 0 Å². The molecule has 0 amide bonds. The van der Waals surface area contributed by atoms with Crippen LogP contribution < -0.4 is 0 Å². The predicted molar refractivity (Wildman–Crippen MR) is 121 cm³/mol. The van der Waals surface area contributed by atoms with Gasteiger partial charge in [-0.1, -0.05) is 65.8 Å². The summed E-state index contributed by atoms with van der Waals surface area (Å²) in [5.74, 6) is 0.724. The summed E-state index contributed by atoms with van der Waals surface area (Å²) in [6.45, 7) is 17.2. The fourth-order valence-corrected chi connectivity index (χ4v) is 6.35. The van der Waals surface area contributed by atoms with Crippen LogP contribution in [0.5, 0.6) is 0 Å². The van der Waals surface area contributed by atoms with E-state index >= 15 is 0 Å². The van der Waals surface area contributed by atoms with Gasteiger partial charge in [0.25, 0.3) is 0 Å². The van der Waals surface area contributed by atoms with Crippen molar-refractivity contribution in [2.75, 3.05) is 6.61 Å². The summed E-state index contributed by atoms with van der Waals surface area (Å²) in [4.78, 5) is 12.0. The van der Waals surface area contributed by atoms with E-state index in [1.54, 1.807) is 10.8 Å². The van der Waals surface area contributed by atoms with E-state index in [-0.39, 0.29) is 11.4 Å². The van der Waals surface area contributed by atoms with Crippen molar-refractivity contribution < 1.29 is 9.53 Å². The van der Waals surface area contributed by atoms with Crippen LogP contribution in [0.15, 0.2) is 48.4 Å². The highest BCUT2D eigenvalue weighted by atomic mass is 33.1. The van der Waals surface area contributed by atoms with Gasteiger partial charge >= 0.3 is 5.97 Å². The lowest BCUT2D eigenvalue weighted by Crippen LogP contribution is -2.34. The molecule has 2 aliphatic rings. The molecule has 0 aromatic rings. The topological polar surface area (TPSA) is 26.3 Å². The van der Waals surface area contributed by atoms with Gasteiger partial charge in [-0.3, -0.25) is 4.79 Å². The van der Waals surface area contributed by atoms with Crippen LogP contribution in [-0.4, -0.2) is 17.8 Å². The Morgan fingerprint density at radius 2 is 2.15 bits per heavy atom. The lowest BCUT2D eigenvalue weighted by molar-refractivity contribution is -0.143. The molecule has 1 fully saturated rings. The molecule has 1 unspecified atom stereocenters. The number of hydrogen-bond acceptors (Lipinski definition) is 4. The van der Waals surface area contributed by atoms with Gasteiger partial charge < -0.3 is 4.74 Å².